The lowest BCUT2D eigenvalue weighted by molar-refractivity contribution is -0.139. The number of carbonyl (C=O) groups excluding carboxylic acids is 3. The molecule has 31 heavy (non-hydrogen) atoms. The first-order valence-electron chi connectivity index (χ1n) is 8.73. The number of rotatable bonds is 6. The molecule has 0 aliphatic heterocycles. The van der Waals surface area contributed by atoms with Crippen molar-refractivity contribution in [2.24, 2.45) is 5.73 Å². The summed E-state index contributed by atoms with van der Waals surface area (Å²) in [6.45, 7) is -0.678. The predicted octanol–water partition coefficient (Wildman–Crippen LogP) is 1.79. The molecule has 0 saturated carbocycles. The van der Waals surface area contributed by atoms with Gasteiger partial charge >= 0.3 is 6.18 Å². The molecule has 162 valence electrons. The topological polar surface area (TPSA) is 130 Å². The Hall–Kier alpha value is -3.96. The fourth-order valence-electron chi connectivity index (χ4n) is 2.91. The summed E-state index contributed by atoms with van der Waals surface area (Å²) in [5, 5.41) is 4.70. The molecule has 12 heteroatoms. The minimum absolute atomic E-state index is 0.0361. The molecule has 0 bridgehead atoms. The van der Waals surface area contributed by atoms with E-state index in [1.54, 1.807) is 6.07 Å². The maximum atomic E-state index is 13.7. The third-order valence-electron chi connectivity index (χ3n) is 4.32. The predicted molar refractivity (Wildman–Crippen MR) is 99.9 cm³/mol. The lowest BCUT2D eigenvalue weighted by Gasteiger charge is -2.20. The number of para-hydroxylation sites is 1. The van der Waals surface area contributed by atoms with Gasteiger partial charge in [-0.1, -0.05) is 12.1 Å². The number of hydrogen-bond donors (Lipinski definition) is 4. The van der Waals surface area contributed by atoms with E-state index in [1.165, 1.54) is 18.2 Å². The van der Waals surface area contributed by atoms with Crippen LogP contribution in [0.3, 0.4) is 0 Å². The van der Waals surface area contributed by atoms with Crippen LogP contribution in [-0.2, 0) is 15.8 Å². The molecule has 2 heterocycles. The van der Waals surface area contributed by atoms with Gasteiger partial charge in [-0.05, 0) is 18.2 Å². The zero-order valence-electron chi connectivity index (χ0n) is 15.6. The molecule has 1 atom stereocenters. The summed E-state index contributed by atoms with van der Waals surface area (Å²) >= 11 is 0. The van der Waals surface area contributed by atoms with Crippen LogP contribution in [0.25, 0.3) is 10.9 Å². The number of fused-ring (bicyclic) bond motifs is 1. The summed E-state index contributed by atoms with van der Waals surface area (Å²) < 4.78 is 53.3. The molecule has 3 amide bonds. The van der Waals surface area contributed by atoms with Gasteiger partial charge in [0.1, 0.15) is 17.6 Å². The second-order valence-corrected chi connectivity index (χ2v) is 6.43. The highest BCUT2D eigenvalue weighted by Gasteiger charge is 2.37. The molecule has 0 fully saturated rings. The smallest absolute Gasteiger partial charge is 0.368 e. The normalized spacial score (nSPS) is 12.4. The number of pyridine rings is 1. The quantitative estimate of drug-likeness (QED) is 0.438. The van der Waals surface area contributed by atoms with Crippen LogP contribution >= 0.6 is 0 Å². The van der Waals surface area contributed by atoms with Crippen LogP contribution in [0.4, 0.5) is 17.6 Å². The number of halogens is 4. The molecule has 1 aromatic carbocycles. The third kappa shape index (κ3) is 4.79. The molecule has 3 rings (SSSR count). The van der Waals surface area contributed by atoms with Gasteiger partial charge in [0.05, 0.1) is 17.6 Å². The summed E-state index contributed by atoms with van der Waals surface area (Å²) in [6.07, 6.45) is -3.15. The van der Waals surface area contributed by atoms with Crippen molar-refractivity contribution >= 4 is 28.6 Å². The number of nitrogens with zero attached hydrogens (tertiary/aromatic N) is 1. The Morgan fingerprint density at radius 2 is 1.94 bits per heavy atom. The van der Waals surface area contributed by atoms with Crippen LogP contribution in [0.15, 0.2) is 42.7 Å². The molecule has 0 radical (unpaired) electrons. The van der Waals surface area contributed by atoms with E-state index in [9.17, 15) is 31.9 Å². The monoisotopic (exact) mass is 437 g/mol. The lowest BCUT2D eigenvalue weighted by Crippen LogP contribution is -2.43. The summed E-state index contributed by atoms with van der Waals surface area (Å²) in [7, 11) is 0. The first-order chi connectivity index (χ1) is 14.6. The van der Waals surface area contributed by atoms with Gasteiger partial charge < -0.3 is 21.4 Å². The standard InChI is InChI=1S/C19H15F4N5O3/c20-12-3-1-2-9-6-13(27-15(9)12)18(31)26-8-14(29)28-16(17(24)30)10-7-25-5-4-11(10)19(21,22)23/h1-7,16,27H,8H2,(H2,24,30)(H,26,31)(H,28,29). The Balaban J connectivity index is 1.70. The zero-order valence-corrected chi connectivity index (χ0v) is 15.6. The molecule has 0 aliphatic carbocycles. The fourth-order valence-corrected chi connectivity index (χ4v) is 2.91. The molecular weight excluding hydrogens is 422 g/mol. The van der Waals surface area contributed by atoms with Gasteiger partial charge in [-0.15, -0.1) is 0 Å². The van der Waals surface area contributed by atoms with Crippen LogP contribution in [0.1, 0.15) is 27.7 Å². The van der Waals surface area contributed by atoms with Gasteiger partial charge in [-0.25, -0.2) is 4.39 Å². The van der Waals surface area contributed by atoms with E-state index >= 15 is 0 Å². The summed E-state index contributed by atoms with van der Waals surface area (Å²) in [5.41, 5.74) is 3.40. The van der Waals surface area contributed by atoms with Crippen LogP contribution < -0.4 is 16.4 Å². The fraction of sp³-hybridized carbons (Fsp3) is 0.158. The first-order valence-corrected chi connectivity index (χ1v) is 8.73. The first kappa shape index (κ1) is 21.7. The number of nitrogens with two attached hydrogens (primary N) is 1. The van der Waals surface area contributed by atoms with E-state index in [2.05, 4.69) is 15.3 Å². The van der Waals surface area contributed by atoms with E-state index in [0.717, 1.165) is 12.4 Å². The van der Waals surface area contributed by atoms with E-state index in [1.807, 2.05) is 5.32 Å². The molecule has 0 aliphatic rings. The van der Waals surface area contributed by atoms with Crippen LogP contribution in [0, 0.1) is 5.82 Å². The molecule has 5 N–H and O–H groups in total. The number of aromatic nitrogens is 2. The summed E-state index contributed by atoms with van der Waals surface area (Å²) in [5.74, 6) is -3.56. The number of alkyl halides is 3. The van der Waals surface area contributed by atoms with E-state index in [0.29, 0.717) is 11.5 Å². The number of nitrogens with one attached hydrogen (secondary N) is 3. The molecule has 1 unspecified atom stereocenters. The van der Waals surface area contributed by atoms with Crippen molar-refractivity contribution in [3.63, 3.8) is 0 Å². The van der Waals surface area contributed by atoms with Crippen molar-refractivity contribution in [2.45, 2.75) is 12.2 Å². The molecule has 0 spiro atoms. The van der Waals surface area contributed by atoms with E-state index in [4.69, 9.17) is 5.73 Å². The van der Waals surface area contributed by atoms with E-state index < -0.39 is 53.4 Å². The maximum Gasteiger partial charge on any atom is 0.416 e. The minimum Gasteiger partial charge on any atom is -0.368 e. The van der Waals surface area contributed by atoms with Crippen molar-refractivity contribution in [1.29, 1.82) is 0 Å². The van der Waals surface area contributed by atoms with Gasteiger partial charge in [0.25, 0.3) is 5.91 Å². The number of benzene rings is 1. The molecule has 2 aromatic heterocycles. The lowest BCUT2D eigenvalue weighted by atomic mass is 10.0. The number of aromatic amines is 1. The van der Waals surface area contributed by atoms with E-state index in [-0.39, 0.29) is 11.2 Å². The van der Waals surface area contributed by atoms with Gasteiger partial charge in [0.2, 0.25) is 11.8 Å². The van der Waals surface area contributed by atoms with Crippen molar-refractivity contribution < 1.29 is 31.9 Å². The highest BCUT2D eigenvalue weighted by molar-refractivity contribution is 6.00. The van der Waals surface area contributed by atoms with Gasteiger partial charge in [0.15, 0.2) is 0 Å². The third-order valence-corrected chi connectivity index (χ3v) is 4.32. The van der Waals surface area contributed by atoms with Gasteiger partial charge in [-0.2, -0.15) is 13.2 Å². The second-order valence-electron chi connectivity index (χ2n) is 6.43. The molecular formula is C19H15F4N5O3. The Bertz CT molecular complexity index is 1160. The molecule has 3 aromatic rings. The van der Waals surface area contributed by atoms with Crippen molar-refractivity contribution in [3.05, 3.63) is 65.4 Å². The van der Waals surface area contributed by atoms with Crippen molar-refractivity contribution in [3.8, 4) is 0 Å². The number of H-pyrrole nitrogens is 1. The Labute approximate surface area is 171 Å². The second kappa shape index (κ2) is 8.42. The molecule has 0 saturated heterocycles. The summed E-state index contributed by atoms with van der Waals surface area (Å²) in [6, 6.07) is 4.42. The number of primary amides is 1. The Morgan fingerprint density at radius 1 is 1.19 bits per heavy atom. The van der Waals surface area contributed by atoms with Gasteiger partial charge in [-0.3, -0.25) is 19.4 Å². The highest BCUT2D eigenvalue weighted by atomic mass is 19.4. The average Bonchev–Trinajstić information content (AvgIpc) is 3.15. The van der Waals surface area contributed by atoms with Crippen molar-refractivity contribution in [2.75, 3.05) is 6.54 Å². The van der Waals surface area contributed by atoms with Crippen LogP contribution in [0.2, 0.25) is 0 Å². The van der Waals surface area contributed by atoms with Crippen LogP contribution in [-0.4, -0.2) is 34.2 Å². The van der Waals surface area contributed by atoms with Gasteiger partial charge in [0, 0.05) is 23.3 Å². The zero-order chi connectivity index (χ0) is 22.8. The van der Waals surface area contributed by atoms with Crippen LogP contribution in [0.5, 0.6) is 0 Å². The highest BCUT2D eigenvalue weighted by Crippen LogP contribution is 2.34. The Morgan fingerprint density at radius 3 is 2.58 bits per heavy atom. The molecule has 8 nitrogen and oxygen atoms in total. The average molecular weight is 437 g/mol. The maximum absolute atomic E-state index is 13.7. The Kier molecular flexibility index (Phi) is 5.90. The minimum atomic E-state index is -4.81. The number of carbonyl (C=O) groups is 3. The SMILES string of the molecule is NC(=O)C(NC(=O)CNC(=O)c1cc2cccc(F)c2[nH]1)c1cnccc1C(F)(F)F. The number of amides is 3. The summed E-state index contributed by atoms with van der Waals surface area (Å²) in [4.78, 5) is 42.2. The largest absolute Gasteiger partial charge is 0.416 e. The van der Waals surface area contributed by atoms with Crippen molar-refractivity contribution in [1.82, 2.24) is 20.6 Å². The number of hydrogen-bond acceptors (Lipinski definition) is 4.